The molecule has 0 aliphatic carbocycles. The second kappa shape index (κ2) is 13.6. The van der Waals surface area contributed by atoms with Crippen molar-refractivity contribution in [2.24, 2.45) is 0 Å². The number of amides is 2. The lowest BCUT2D eigenvalue weighted by Crippen LogP contribution is -2.36. The summed E-state index contributed by atoms with van der Waals surface area (Å²) in [7, 11) is 0. The number of likely N-dealkylation sites (tertiary alicyclic amines) is 2. The van der Waals surface area contributed by atoms with Crippen LogP contribution in [0, 0.1) is 0 Å². The van der Waals surface area contributed by atoms with Crippen molar-refractivity contribution in [3.63, 3.8) is 0 Å². The molecule has 2 aliphatic heterocycles. The van der Waals surface area contributed by atoms with Gasteiger partial charge in [-0.2, -0.15) is 0 Å². The topological polar surface area (TPSA) is 116 Å². The molecule has 2 amide bonds. The Morgan fingerprint density at radius 3 is 1.24 bits per heavy atom. The van der Waals surface area contributed by atoms with Gasteiger partial charge in [0, 0.05) is 13.1 Å². The largest absolute Gasteiger partial charge is 0.444 e. The highest BCUT2D eigenvalue weighted by Gasteiger charge is 2.36. The van der Waals surface area contributed by atoms with Crippen LogP contribution in [0.15, 0.2) is 84.9 Å². The van der Waals surface area contributed by atoms with E-state index in [4.69, 9.17) is 19.4 Å². The van der Waals surface area contributed by atoms with Crippen molar-refractivity contribution < 1.29 is 19.1 Å². The zero-order chi connectivity index (χ0) is 37.8. The Morgan fingerprint density at radius 2 is 0.889 bits per heavy atom. The molecular formula is C44H48N6O4. The minimum Gasteiger partial charge on any atom is -0.444 e. The first-order chi connectivity index (χ1) is 25.8. The maximum atomic E-state index is 12.9. The molecule has 6 aromatic rings. The fourth-order valence-electron chi connectivity index (χ4n) is 7.62. The van der Waals surface area contributed by atoms with Gasteiger partial charge in [0.05, 0.1) is 34.2 Å². The SMILES string of the molecule is CC(C)(C)OC(=O)N1CCCC1c1nc2ccc(-c3ccc(-c4ccc(-c5ccc6nc([C@@H]7CCCN7C(=O)OC(C)(C)C)[nH]c6c5)cc4)cc3)cc2[nH]1. The highest BCUT2D eigenvalue weighted by Crippen LogP contribution is 2.36. The van der Waals surface area contributed by atoms with E-state index >= 15 is 0 Å². The second-order valence-corrected chi connectivity index (χ2v) is 16.5. The van der Waals surface area contributed by atoms with E-state index in [1.165, 1.54) is 0 Å². The number of hydrogen-bond donors (Lipinski definition) is 2. The predicted molar refractivity (Wildman–Crippen MR) is 212 cm³/mol. The number of aromatic amines is 2. The number of H-pyrrole nitrogens is 2. The Labute approximate surface area is 315 Å². The molecule has 278 valence electrons. The summed E-state index contributed by atoms with van der Waals surface area (Å²) in [6, 6.07) is 29.5. The number of fused-ring (bicyclic) bond motifs is 2. The molecule has 4 heterocycles. The van der Waals surface area contributed by atoms with Crippen molar-refractivity contribution in [1.82, 2.24) is 29.7 Å². The zero-order valence-electron chi connectivity index (χ0n) is 31.9. The molecule has 54 heavy (non-hydrogen) atoms. The van der Waals surface area contributed by atoms with Crippen molar-refractivity contribution in [3.8, 4) is 33.4 Å². The van der Waals surface area contributed by atoms with Crippen molar-refractivity contribution >= 4 is 34.3 Å². The molecule has 0 saturated carbocycles. The first-order valence-electron chi connectivity index (χ1n) is 19.0. The highest BCUT2D eigenvalue weighted by molar-refractivity contribution is 5.84. The number of carbonyl (C=O) groups excluding carboxylic acids is 2. The maximum Gasteiger partial charge on any atom is 0.410 e. The number of rotatable bonds is 5. The summed E-state index contributed by atoms with van der Waals surface area (Å²) >= 11 is 0. The molecule has 2 aliphatic rings. The molecule has 2 saturated heterocycles. The molecule has 2 atom stereocenters. The van der Waals surface area contributed by atoms with Gasteiger partial charge in [-0.05, 0) is 125 Å². The quantitative estimate of drug-likeness (QED) is 0.183. The summed E-state index contributed by atoms with van der Waals surface area (Å²) in [6.45, 7) is 12.7. The number of nitrogens with zero attached hydrogens (tertiary/aromatic N) is 4. The zero-order valence-corrected chi connectivity index (χ0v) is 31.9. The molecule has 0 spiro atoms. The fourth-order valence-corrected chi connectivity index (χ4v) is 7.62. The molecule has 10 heteroatoms. The monoisotopic (exact) mass is 724 g/mol. The lowest BCUT2D eigenvalue weighted by molar-refractivity contribution is 0.0208. The summed E-state index contributed by atoms with van der Waals surface area (Å²) < 4.78 is 11.3. The van der Waals surface area contributed by atoms with Crippen molar-refractivity contribution in [1.29, 1.82) is 0 Å². The molecule has 10 nitrogen and oxygen atoms in total. The van der Waals surface area contributed by atoms with Crippen LogP contribution in [0.5, 0.6) is 0 Å². The molecule has 0 bridgehead atoms. The predicted octanol–water partition coefficient (Wildman–Crippen LogP) is 10.6. The van der Waals surface area contributed by atoms with Crippen LogP contribution in [0.25, 0.3) is 55.4 Å². The molecule has 0 radical (unpaired) electrons. The number of imidazole rings is 2. The third kappa shape index (κ3) is 7.29. The van der Waals surface area contributed by atoms with E-state index in [-0.39, 0.29) is 24.3 Å². The van der Waals surface area contributed by atoms with Crippen LogP contribution in [0.3, 0.4) is 0 Å². The molecule has 2 fully saturated rings. The van der Waals surface area contributed by atoms with Gasteiger partial charge in [0.1, 0.15) is 22.9 Å². The van der Waals surface area contributed by atoms with Gasteiger partial charge in [-0.25, -0.2) is 19.6 Å². The van der Waals surface area contributed by atoms with Crippen LogP contribution in [-0.4, -0.2) is 66.2 Å². The van der Waals surface area contributed by atoms with Crippen LogP contribution < -0.4 is 0 Å². The Morgan fingerprint density at radius 1 is 0.556 bits per heavy atom. The van der Waals surface area contributed by atoms with Crippen LogP contribution >= 0.6 is 0 Å². The van der Waals surface area contributed by atoms with E-state index in [9.17, 15) is 9.59 Å². The fraction of sp³-hybridized carbons (Fsp3) is 0.364. The average Bonchev–Trinajstić information content (AvgIpc) is 3.95. The number of nitrogens with one attached hydrogen (secondary N) is 2. The Hall–Kier alpha value is -5.64. The van der Waals surface area contributed by atoms with Crippen LogP contribution in [0.1, 0.15) is 91.0 Å². The van der Waals surface area contributed by atoms with Gasteiger partial charge in [-0.1, -0.05) is 60.7 Å². The number of carbonyl (C=O) groups is 2. The number of ether oxygens (including phenoxy) is 2. The molecule has 2 aromatic heterocycles. The average molecular weight is 725 g/mol. The summed E-state index contributed by atoms with van der Waals surface area (Å²) in [6.07, 6.45) is 2.96. The van der Waals surface area contributed by atoms with E-state index in [2.05, 4.69) is 82.8 Å². The van der Waals surface area contributed by atoms with Crippen LogP contribution in [0.4, 0.5) is 9.59 Å². The van der Waals surface area contributed by atoms with E-state index in [1.807, 2.05) is 53.7 Å². The molecule has 2 N–H and O–H groups in total. The number of aromatic nitrogens is 4. The van der Waals surface area contributed by atoms with Crippen LogP contribution in [-0.2, 0) is 9.47 Å². The minimum atomic E-state index is -0.542. The second-order valence-electron chi connectivity index (χ2n) is 16.5. The molecule has 1 unspecified atom stereocenters. The van der Waals surface area contributed by atoms with E-state index < -0.39 is 11.2 Å². The number of hydrogen-bond acceptors (Lipinski definition) is 6. The van der Waals surface area contributed by atoms with Gasteiger partial charge in [-0.15, -0.1) is 0 Å². The summed E-state index contributed by atoms with van der Waals surface area (Å²) in [4.78, 5) is 46.1. The Bertz CT molecular complexity index is 2160. The van der Waals surface area contributed by atoms with Gasteiger partial charge in [0.2, 0.25) is 0 Å². The lowest BCUT2D eigenvalue weighted by atomic mass is 9.98. The normalized spacial score (nSPS) is 17.8. The van der Waals surface area contributed by atoms with Gasteiger partial charge < -0.3 is 19.4 Å². The van der Waals surface area contributed by atoms with Gasteiger partial charge in [-0.3, -0.25) is 9.80 Å². The van der Waals surface area contributed by atoms with Gasteiger partial charge >= 0.3 is 12.2 Å². The van der Waals surface area contributed by atoms with Crippen molar-refractivity contribution in [3.05, 3.63) is 96.6 Å². The third-order valence-electron chi connectivity index (χ3n) is 10.2. The Balaban J connectivity index is 0.954. The van der Waals surface area contributed by atoms with E-state index in [0.29, 0.717) is 13.1 Å². The summed E-state index contributed by atoms with van der Waals surface area (Å²) in [5.41, 5.74) is 9.27. The number of benzene rings is 4. The first-order valence-corrected chi connectivity index (χ1v) is 19.0. The van der Waals surface area contributed by atoms with Crippen molar-refractivity contribution in [2.45, 2.75) is 90.5 Å². The molecule has 4 aromatic carbocycles. The maximum absolute atomic E-state index is 12.9. The Kier molecular flexibility index (Phi) is 8.95. The molecular weight excluding hydrogens is 677 g/mol. The van der Waals surface area contributed by atoms with Gasteiger partial charge in [0.15, 0.2) is 0 Å². The van der Waals surface area contributed by atoms with Gasteiger partial charge in [0.25, 0.3) is 0 Å². The summed E-state index contributed by atoms with van der Waals surface area (Å²) in [5.74, 6) is 1.60. The standard InChI is InChI=1S/C44H48N6O4/c1-43(2,3)53-41(51)49-23-7-9-37(49)39-45-33-21-19-31(25-35(33)47-39)29-15-11-27(12-16-29)28-13-17-30(18-14-28)32-20-22-34-36(26-32)48-40(46-34)38-10-8-24-50(38)42(52)54-44(4,5)6/h11-22,25-26,37-38H,7-10,23-24H2,1-6H3,(H,45,47)(H,46,48)/t37-,38?/m0/s1. The van der Waals surface area contributed by atoms with E-state index in [1.54, 1.807) is 9.80 Å². The van der Waals surface area contributed by atoms with Crippen molar-refractivity contribution in [2.75, 3.05) is 13.1 Å². The minimum absolute atomic E-state index is 0.122. The lowest BCUT2D eigenvalue weighted by Gasteiger charge is -2.27. The smallest absolute Gasteiger partial charge is 0.410 e. The third-order valence-corrected chi connectivity index (χ3v) is 10.2. The summed E-state index contributed by atoms with van der Waals surface area (Å²) in [5, 5.41) is 0. The van der Waals surface area contributed by atoms with Crippen LogP contribution in [0.2, 0.25) is 0 Å². The molecule has 8 rings (SSSR count). The van der Waals surface area contributed by atoms with E-state index in [0.717, 1.165) is 92.8 Å². The first kappa shape index (κ1) is 35.4. The highest BCUT2D eigenvalue weighted by atomic mass is 16.6.